The van der Waals surface area contributed by atoms with Gasteiger partial charge in [0, 0.05) is 11.4 Å². The first kappa shape index (κ1) is 32.1. The van der Waals surface area contributed by atoms with Crippen molar-refractivity contribution < 1.29 is 37.6 Å². The third kappa shape index (κ3) is 19.5. The molecule has 0 aliphatic carbocycles. The standard InChI is InChI=1S/2C6H7N.2C4H8N2O2.Co/c2*7-6-4-2-1-3-5-6;2*1-3(5-7)4(2)6-8;/h2*1-5H,7H2;2*7-8H,1-2H3;/q;;;;+3/b;;2*5-3+,6-4+;. The molecule has 10 nitrogen and oxygen atoms in total. The predicted molar refractivity (Wildman–Crippen MR) is 121 cm³/mol. The van der Waals surface area contributed by atoms with Crippen LogP contribution in [0.2, 0.25) is 0 Å². The Bertz CT molecular complexity index is 711. The number of nitrogen functional groups attached to an aromatic ring is 2. The molecule has 0 saturated heterocycles. The smallest absolute Gasteiger partial charge is 0.411 e. The normalized spacial score (nSPS) is 11.2. The topological polar surface area (TPSA) is 182 Å². The first-order valence-electron chi connectivity index (χ1n) is 8.59. The second-order valence-electron chi connectivity index (χ2n) is 5.56. The van der Waals surface area contributed by atoms with E-state index in [0.717, 1.165) is 11.4 Å². The fourth-order valence-corrected chi connectivity index (χ4v) is 1.20. The molecule has 170 valence electrons. The maximum atomic E-state index is 8.03. The molecule has 2 rings (SSSR count). The number of oxime groups is 4. The van der Waals surface area contributed by atoms with Crippen LogP contribution in [-0.2, 0) is 16.8 Å². The van der Waals surface area contributed by atoms with Gasteiger partial charge in [-0.1, -0.05) is 57.0 Å². The summed E-state index contributed by atoms with van der Waals surface area (Å²) in [6, 6.07) is 19.0. The molecule has 0 unspecified atom stereocenters. The number of benzene rings is 2. The van der Waals surface area contributed by atoms with Crippen molar-refractivity contribution in [3.63, 3.8) is 0 Å². The minimum atomic E-state index is 0. The van der Waals surface area contributed by atoms with Gasteiger partial charge in [0.2, 0.25) is 0 Å². The molecule has 0 saturated carbocycles. The van der Waals surface area contributed by atoms with E-state index in [1.807, 2.05) is 60.7 Å². The molecule has 2 aromatic rings. The first-order valence-corrected chi connectivity index (χ1v) is 8.59. The van der Waals surface area contributed by atoms with Crippen molar-refractivity contribution in [1.82, 2.24) is 0 Å². The predicted octanol–water partition coefficient (Wildman–Crippen LogP) is 3.91. The largest absolute Gasteiger partial charge is 3.00 e. The average Bonchev–Trinajstić information content (AvgIpc) is 2.79. The Morgan fingerprint density at radius 3 is 0.806 bits per heavy atom. The van der Waals surface area contributed by atoms with Gasteiger partial charge < -0.3 is 32.3 Å². The zero-order valence-electron chi connectivity index (χ0n) is 17.8. The zero-order chi connectivity index (χ0) is 23.4. The molecule has 0 aliphatic heterocycles. The van der Waals surface area contributed by atoms with Crippen LogP contribution in [0, 0.1) is 0 Å². The average molecular weight is 477 g/mol. The van der Waals surface area contributed by atoms with Gasteiger partial charge in [-0.25, -0.2) is 0 Å². The third-order valence-corrected chi connectivity index (χ3v) is 3.25. The molecular formula is C20H30CoN6O4+3. The first-order chi connectivity index (χ1) is 14.2. The maximum absolute atomic E-state index is 8.03. The van der Waals surface area contributed by atoms with Crippen LogP contribution >= 0.6 is 0 Å². The Morgan fingerprint density at radius 2 is 0.710 bits per heavy atom. The van der Waals surface area contributed by atoms with Gasteiger partial charge in [0.25, 0.3) is 0 Å². The molecular weight excluding hydrogens is 447 g/mol. The summed E-state index contributed by atoms with van der Waals surface area (Å²) in [5, 5.41) is 43.3. The molecule has 11 heteroatoms. The van der Waals surface area contributed by atoms with Crippen molar-refractivity contribution >= 4 is 34.2 Å². The molecule has 31 heavy (non-hydrogen) atoms. The summed E-state index contributed by atoms with van der Waals surface area (Å²) in [6.45, 7) is 6.15. The molecule has 0 amide bonds. The fourth-order valence-electron chi connectivity index (χ4n) is 1.20. The Morgan fingerprint density at radius 1 is 0.516 bits per heavy atom. The van der Waals surface area contributed by atoms with Crippen molar-refractivity contribution in [2.24, 2.45) is 20.6 Å². The van der Waals surface area contributed by atoms with Crippen LogP contribution < -0.4 is 11.5 Å². The summed E-state index contributed by atoms with van der Waals surface area (Å²) in [5.74, 6) is 0. The molecule has 0 bridgehead atoms. The van der Waals surface area contributed by atoms with Crippen LogP contribution in [-0.4, -0.2) is 43.7 Å². The minimum absolute atomic E-state index is 0. The van der Waals surface area contributed by atoms with Crippen LogP contribution in [0.3, 0.4) is 0 Å². The number of rotatable bonds is 2. The Kier molecular flexibility index (Phi) is 21.9. The molecule has 0 fully saturated rings. The van der Waals surface area contributed by atoms with E-state index in [1.165, 1.54) is 27.7 Å². The molecule has 0 aliphatic rings. The SMILES string of the molecule is CC(=N\O)/C(C)=N/O.CC(=N\O)/C(C)=N/O.Nc1ccccc1.Nc1ccccc1.[Co+3]. The summed E-state index contributed by atoms with van der Waals surface area (Å²) >= 11 is 0. The monoisotopic (exact) mass is 477 g/mol. The minimum Gasteiger partial charge on any atom is -0.411 e. The van der Waals surface area contributed by atoms with E-state index in [2.05, 4.69) is 20.6 Å². The van der Waals surface area contributed by atoms with E-state index in [4.69, 9.17) is 32.3 Å². The molecule has 0 atom stereocenters. The number of hydrogen-bond acceptors (Lipinski definition) is 10. The quantitative estimate of drug-likeness (QED) is 0.165. The third-order valence-electron chi connectivity index (χ3n) is 3.25. The summed E-state index contributed by atoms with van der Waals surface area (Å²) in [4.78, 5) is 0. The van der Waals surface area contributed by atoms with Gasteiger partial charge in [-0.2, -0.15) is 0 Å². The molecule has 8 N–H and O–H groups in total. The number of nitrogens with zero attached hydrogens (tertiary/aromatic N) is 4. The number of nitrogens with two attached hydrogens (primary N) is 2. The summed E-state index contributed by atoms with van der Waals surface area (Å²) in [6.07, 6.45) is 0. The summed E-state index contributed by atoms with van der Waals surface area (Å²) in [5.41, 5.74) is 13.6. The maximum Gasteiger partial charge on any atom is 3.00 e. The van der Waals surface area contributed by atoms with Crippen molar-refractivity contribution in [1.29, 1.82) is 0 Å². The van der Waals surface area contributed by atoms with Crippen molar-refractivity contribution in [3.05, 3.63) is 60.7 Å². The van der Waals surface area contributed by atoms with Crippen molar-refractivity contribution in [2.75, 3.05) is 11.5 Å². The van der Waals surface area contributed by atoms with Gasteiger partial charge in [-0.3, -0.25) is 0 Å². The Balaban J connectivity index is -0.000000334. The fraction of sp³-hybridized carbons (Fsp3) is 0.200. The Hall–Kier alpha value is -3.57. The van der Waals surface area contributed by atoms with E-state index < -0.39 is 0 Å². The van der Waals surface area contributed by atoms with E-state index in [1.54, 1.807) is 0 Å². The van der Waals surface area contributed by atoms with Gasteiger partial charge in [-0.15, -0.1) is 0 Å². The van der Waals surface area contributed by atoms with Crippen molar-refractivity contribution in [3.8, 4) is 0 Å². The molecule has 2 aromatic carbocycles. The molecule has 0 spiro atoms. The second-order valence-corrected chi connectivity index (χ2v) is 5.56. The number of anilines is 2. The van der Waals surface area contributed by atoms with Crippen LogP contribution in [0.15, 0.2) is 81.3 Å². The summed E-state index contributed by atoms with van der Waals surface area (Å²) in [7, 11) is 0. The van der Waals surface area contributed by atoms with Gasteiger partial charge in [0.1, 0.15) is 22.8 Å². The van der Waals surface area contributed by atoms with E-state index in [9.17, 15) is 0 Å². The Labute approximate surface area is 192 Å². The van der Waals surface area contributed by atoms with Gasteiger partial charge in [-0.05, 0) is 52.0 Å². The van der Waals surface area contributed by atoms with Crippen LogP contribution in [0.1, 0.15) is 27.7 Å². The second kappa shape index (κ2) is 21.1. The van der Waals surface area contributed by atoms with Gasteiger partial charge >= 0.3 is 16.8 Å². The number of hydrogen-bond donors (Lipinski definition) is 6. The van der Waals surface area contributed by atoms with Crippen LogP contribution in [0.4, 0.5) is 11.4 Å². The van der Waals surface area contributed by atoms with E-state index in [-0.39, 0.29) is 16.8 Å². The molecule has 0 heterocycles. The van der Waals surface area contributed by atoms with E-state index in [0.29, 0.717) is 22.8 Å². The molecule has 0 radical (unpaired) electrons. The van der Waals surface area contributed by atoms with Crippen LogP contribution in [0.5, 0.6) is 0 Å². The summed E-state index contributed by atoms with van der Waals surface area (Å²) < 4.78 is 0. The zero-order valence-corrected chi connectivity index (χ0v) is 18.9. The van der Waals surface area contributed by atoms with Gasteiger partial charge in [0.05, 0.1) is 0 Å². The molecule has 0 aromatic heterocycles. The van der Waals surface area contributed by atoms with E-state index >= 15 is 0 Å². The van der Waals surface area contributed by atoms with Crippen LogP contribution in [0.25, 0.3) is 0 Å². The number of para-hydroxylation sites is 2. The van der Waals surface area contributed by atoms with Gasteiger partial charge in [0.15, 0.2) is 0 Å². The van der Waals surface area contributed by atoms with Crippen molar-refractivity contribution in [2.45, 2.75) is 27.7 Å².